The van der Waals surface area contributed by atoms with Gasteiger partial charge in [0.2, 0.25) is 0 Å². The van der Waals surface area contributed by atoms with Gasteiger partial charge in [-0.3, -0.25) is 0 Å². The first kappa shape index (κ1) is 10.2. The van der Waals surface area contributed by atoms with E-state index in [0.29, 0.717) is 6.04 Å². The van der Waals surface area contributed by atoms with Crippen molar-refractivity contribution in [3.8, 4) is 0 Å². The van der Waals surface area contributed by atoms with E-state index in [9.17, 15) is 0 Å². The highest BCUT2D eigenvalue weighted by atomic mass is 79.9. The Labute approximate surface area is 96.4 Å². The molecule has 1 aromatic heterocycles. The summed E-state index contributed by atoms with van der Waals surface area (Å²) in [4.78, 5) is 10.6. The molecule has 2 heterocycles. The fraction of sp³-hybridized carbons (Fsp3) is 0.556. The molecular weight excluding hydrogens is 262 g/mol. The van der Waals surface area contributed by atoms with Crippen LogP contribution in [0, 0.1) is 0 Å². The molecule has 0 bridgehead atoms. The van der Waals surface area contributed by atoms with Crippen molar-refractivity contribution in [2.24, 2.45) is 0 Å². The molecule has 0 radical (unpaired) electrons. The predicted octanol–water partition coefficient (Wildman–Crippen LogP) is 1.79. The summed E-state index contributed by atoms with van der Waals surface area (Å²) in [7, 11) is 0. The van der Waals surface area contributed by atoms with E-state index in [1.165, 1.54) is 11.5 Å². The van der Waals surface area contributed by atoms with Gasteiger partial charge < -0.3 is 4.90 Å². The Bertz CT molecular complexity index is 283. The highest BCUT2D eigenvalue weighted by molar-refractivity contribution is 9.09. The average molecular weight is 274 g/mol. The van der Waals surface area contributed by atoms with E-state index < -0.39 is 0 Å². The minimum Gasteiger partial charge on any atom is -0.351 e. The second-order valence-electron chi connectivity index (χ2n) is 3.14. The van der Waals surface area contributed by atoms with Crippen molar-refractivity contribution >= 4 is 33.5 Å². The molecule has 76 valence electrons. The second kappa shape index (κ2) is 4.98. The van der Waals surface area contributed by atoms with Gasteiger partial charge in [-0.15, -0.1) is 0 Å². The van der Waals surface area contributed by atoms with Gasteiger partial charge in [0, 0.05) is 35.6 Å². The molecule has 0 spiro atoms. The van der Waals surface area contributed by atoms with Gasteiger partial charge in [-0.1, -0.05) is 15.9 Å². The number of thioether (sulfide) groups is 1. The second-order valence-corrected chi connectivity index (χ2v) is 4.94. The van der Waals surface area contributed by atoms with Crippen LogP contribution in [0.3, 0.4) is 0 Å². The lowest BCUT2D eigenvalue weighted by Gasteiger charge is -2.35. The van der Waals surface area contributed by atoms with E-state index in [1.54, 1.807) is 12.5 Å². The Balaban J connectivity index is 2.15. The summed E-state index contributed by atoms with van der Waals surface area (Å²) in [6, 6.07) is 2.54. The van der Waals surface area contributed by atoms with Crippen molar-refractivity contribution < 1.29 is 0 Å². The van der Waals surface area contributed by atoms with Crippen LogP contribution in [0.15, 0.2) is 18.6 Å². The zero-order chi connectivity index (χ0) is 9.80. The Morgan fingerprint density at radius 2 is 2.57 bits per heavy atom. The largest absolute Gasteiger partial charge is 0.351 e. The molecule has 0 aromatic carbocycles. The van der Waals surface area contributed by atoms with Crippen LogP contribution in [-0.4, -0.2) is 39.4 Å². The third-order valence-electron chi connectivity index (χ3n) is 2.27. The predicted molar refractivity (Wildman–Crippen MR) is 64.3 cm³/mol. The average Bonchev–Trinajstić information content (AvgIpc) is 2.30. The summed E-state index contributed by atoms with van der Waals surface area (Å²) < 4.78 is 0. The first-order chi connectivity index (χ1) is 6.92. The number of alkyl halides is 1. The van der Waals surface area contributed by atoms with Gasteiger partial charge in [0.15, 0.2) is 0 Å². The van der Waals surface area contributed by atoms with E-state index in [0.717, 1.165) is 17.7 Å². The van der Waals surface area contributed by atoms with E-state index in [4.69, 9.17) is 0 Å². The van der Waals surface area contributed by atoms with Crippen LogP contribution in [0.4, 0.5) is 5.82 Å². The van der Waals surface area contributed by atoms with Crippen LogP contribution in [0.2, 0.25) is 0 Å². The summed E-state index contributed by atoms with van der Waals surface area (Å²) in [6.45, 7) is 1.08. The monoisotopic (exact) mass is 273 g/mol. The van der Waals surface area contributed by atoms with Gasteiger partial charge in [0.05, 0.1) is 0 Å². The summed E-state index contributed by atoms with van der Waals surface area (Å²) in [5, 5.41) is 1.00. The molecule has 0 saturated carbocycles. The Kier molecular flexibility index (Phi) is 3.64. The number of hydrogen-bond acceptors (Lipinski definition) is 4. The van der Waals surface area contributed by atoms with Crippen molar-refractivity contribution in [2.45, 2.75) is 6.04 Å². The molecule has 1 aromatic rings. The highest BCUT2D eigenvalue weighted by Gasteiger charge is 2.22. The molecule has 0 aliphatic carbocycles. The maximum atomic E-state index is 4.29. The third kappa shape index (κ3) is 2.20. The molecule has 1 aliphatic heterocycles. The van der Waals surface area contributed by atoms with Crippen molar-refractivity contribution in [1.82, 2.24) is 9.97 Å². The number of aromatic nitrogens is 2. The van der Waals surface area contributed by atoms with Crippen LogP contribution in [-0.2, 0) is 0 Å². The zero-order valence-electron chi connectivity index (χ0n) is 7.77. The first-order valence-corrected chi connectivity index (χ1v) is 6.86. The molecule has 3 nitrogen and oxygen atoms in total. The summed E-state index contributed by atoms with van der Waals surface area (Å²) in [5.74, 6) is 3.41. The SMILES string of the molecule is BrCC1CSCCN1c1ccncn1. The molecule has 5 heteroatoms. The number of anilines is 1. The van der Waals surface area contributed by atoms with Crippen molar-refractivity contribution in [1.29, 1.82) is 0 Å². The number of rotatable bonds is 2. The maximum absolute atomic E-state index is 4.29. The summed E-state index contributed by atoms with van der Waals surface area (Å²) in [5.41, 5.74) is 0. The fourth-order valence-electron chi connectivity index (χ4n) is 1.54. The van der Waals surface area contributed by atoms with E-state index >= 15 is 0 Å². The van der Waals surface area contributed by atoms with Crippen molar-refractivity contribution in [3.63, 3.8) is 0 Å². The molecule has 0 amide bonds. The lowest BCUT2D eigenvalue weighted by atomic mass is 10.3. The van der Waals surface area contributed by atoms with Gasteiger partial charge in [0.25, 0.3) is 0 Å². The summed E-state index contributed by atoms with van der Waals surface area (Å²) >= 11 is 5.56. The Morgan fingerprint density at radius 1 is 1.64 bits per heavy atom. The van der Waals surface area contributed by atoms with Crippen LogP contribution in [0.1, 0.15) is 0 Å². The van der Waals surface area contributed by atoms with Gasteiger partial charge in [-0.05, 0) is 6.07 Å². The summed E-state index contributed by atoms with van der Waals surface area (Å²) in [6.07, 6.45) is 3.41. The standard InChI is InChI=1S/C9H12BrN3S/c10-5-8-6-14-4-3-13(8)9-1-2-11-7-12-9/h1-2,7-8H,3-6H2. The highest BCUT2D eigenvalue weighted by Crippen LogP contribution is 2.22. The maximum Gasteiger partial charge on any atom is 0.132 e. The topological polar surface area (TPSA) is 29.0 Å². The van der Waals surface area contributed by atoms with Crippen LogP contribution < -0.4 is 4.90 Å². The molecule has 1 aliphatic rings. The van der Waals surface area contributed by atoms with Crippen LogP contribution in [0.25, 0.3) is 0 Å². The Hall–Kier alpha value is -0.290. The van der Waals surface area contributed by atoms with Gasteiger partial charge in [-0.25, -0.2) is 9.97 Å². The molecule has 1 saturated heterocycles. The van der Waals surface area contributed by atoms with Crippen LogP contribution in [0.5, 0.6) is 0 Å². The molecule has 1 atom stereocenters. The zero-order valence-corrected chi connectivity index (χ0v) is 10.2. The number of nitrogens with zero attached hydrogens (tertiary/aromatic N) is 3. The van der Waals surface area contributed by atoms with Crippen LogP contribution >= 0.6 is 27.7 Å². The van der Waals surface area contributed by atoms with Crippen molar-refractivity contribution in [3.05, 3.63) is 18.6 Å². The van der Waals surface area contributed by atoms with E-state index in [2.05, 4.69) is 30.8 Å². The number of halogens is 1. The molecule has 1 unspecified atom stereocenters. The molecule has 1 fully saturated rings. The number of hydrogen-bond donors (Lipinski definition) is 0. The van der Waals surface area contributed by atoms with E-state index in [-0.39, 0.29) is 0 Å². The first-order valence-electron chi connectivity index (χ1n) is 4.58. The van der Waals surface area contributed by atoms with Gasteiger partial charge in [0.1, 0.15) is 12.1 Å². The lowest BCUT2D eigenvalue weighted by molar-refractivity contribution is 0.699. The Morgan fingerprint density at radius 3 is 3.29 bits per heavy atom. The fourth-order valence-corrected chi connectivity index (χ4v) is 3.48. The molecular formula is C9H12BrN3S. The smallest absolute Gasteiger partial charge is 0.132 e. The minimum absolute atomic E-state index is 0.559. The van der Waals surface area contributed by atoms with Crippen molar-refractivity contribution in [2.75, 3.05) is 28.3 Å². The van der Waals surface area contributed by atoms with Gasteiger partial charge >= 0.3 is 0 Å². The molecule has 14 heavy (non-hydrogen) atoms. The van der Waals surface area contributed by atoms with E-state index in [1.807, 2.05) is 17.8 Å². The molecule has 2 rings (SSSR count). The third-order valence-corrected chi connectivity index (χ3v) is 4.11. The molecule has 0 N–H and O–H groups in total. The normalized spacial score (nSPS) is 22.4. The minimum atomic E-state index is 0.559. The quantitative estimate of drug-likeness (QED) is 0.769. The van der Waals surface area contributed by atoms with Gasteiger partial charge in [-0.2, -0.15) is 11.8 Å². The lowest BCUT2D eigenvalue weighted by Crippen LogP contribution is -2.44.